The smallest absolute Gasteiger partial charge is 0.0605 e. The van der Waals surface area contributed by atoms with Crippen LogP contribution in [0.4, 0.5) is 0 Å². The van der Waals surface area contributed by atoms with Crippen LogP contribution in [-0.2, 0) is 0 Å². The fraction of sp³-hybridized carbons (Fsp3) is 0.500. The maximum Gasteiger partial charge on any atom is 0.0605 e. The van der Waals surface area contributed by atoms with Gasteiger partial charge in [-0.15, -0.1) is 0 Å². The van der Waals surface area contributed by atoms with Crippen molar-refractivity contribution in [3.8, 4) is 11.8 Å². The molecule has 1 aliphatic heterocycles. The minimum atomic E-state index is 0.794. The van der Waals surface area contributed by atoms with Gasteiger partial charge in [-0.05, 0) is 51.0 Å². The Kier molecular flexibility index (Phi) is 5.26. The summed E-state index contributed by atoms with van der Waals surface area (Å²) >= 11 is 0. The number of piperidine rings is 1. The van der Waals surface area contributed by atoms with Crippen LogP contribution in [0.2, 0.25) is 0 Å². The highest BCUT2D eigenvalue weighted by Crippen LogP contribution is 2.14. The molecule has 2 rings (SSSR count). The highest BCUT2D eigenvalue weighted by molar-refractivity contribution is 5.33. The van der Waals surface area contributed by atoms with E-state index in [0.717, 1.165) is 24.6 Å². The van der Waals surface area contributed by atoms with E-state index in [1.54, 1.807) is 0 Å². The number of benzene rings is 1. The summed E-state index contributed by atoms with van der Waals surface area (Å²) in [5, 5.41) is 3.28. The van der Waals surface area contributed by atoms with Crippen LogP contribution in [0.1, 0.15) is 18.4 Å². The van der Waals surface area contributed by atoms with Crippen LogP contribution in [0.15, 0.2) is 30.3 Å². The summed E-state index contributed by atoms with van der Waals surface area (Å²) in [6, 6.07) is 10.2. The third-order valence-electron chi connectivity index (χ3n) is 3.41. The number of nitrogens with one attached hydrogen (secondary N) is 1. The summed E-state index contributed by atoms with van der Waals surface area (Å²) in [6.07, 6.45) is 2.66. The minimum absolute atomic E-state index is 0.794. The molecule has 0 aromatic heterocycles. The van der Waals surface area contributed by atoms with E-state index in [1.165, 1.54) is 25.9 Å². The Labute approximate surface area is 110 Å². The monoisotopic (exact) mass is 242 g/mol. The number of hydrogen-bond donors (Lipinski definition) is 1. The van der Waals surface area contributed by atoms with Crippen LogP contribution in [0.3, 0.4) is 0 Å². The van der Waals surface area contributed by atoms with E-state index >= 15 is 0 Å². The first-order valence-electron chi connectivity index (χ1n) is 6.79. The third kappa shape index (κ3) is 4.18. The first-order valence-corrected chi connectivity index (χ1v) is 6.79. The van der Waals surface area contributed by atoms with E-state index in [9.17, 15) is 0 Å². The van der Waals surface area contributed by atoms with Crippen LogP contribution in [0, 0.1) is 17.8 Å². The number of likely N-dealkylation sites (tertiary alicyclic amines) is 1. The maximum absolute atomic E-state index is 3.29. The SMILES string of the molecule is CNCC1CCCN(CC#Cc2ccccc2)C1. The number of rotatable bonds is 3. The zero-order valence-electron chi connectivity index (χ0n) is 11.2. The van der Waals surface area contributed by atoms with Gasteiger partial charge in [0, 0.05) is 12.1 Å². The maximum atomic E-state index is 3.29. The standard InChI is InChI=1S/C16H22N2/c1-17-13-16-10-6-12-18(14-16)11-5-9-15-7-3-2-4-8-15/h2-4,7-8,16-17H,6,10-14H2,1H3. The van der Waals surface area contributed by atoms with Gasteiger partial charge in [0.2, 0.25) is 0 Å². The van der Waals surface area contributed by atoms with Gasteiger partial charge in [-0.3, -0.25) is 4.90 Å². The largest absolute Gasteiger partial charge is 0.319 e. The zero-order valence-corrected chi connectivity index (χ0v) is 11.2. The van der Waals surface area contributed by atoms with Crippen molar-refractivity contribution >= 4 is 0 Å². The van der Waals surface area contributed by atoms with Crippen molar-refractivity contribution in [1.82, 2.24) is 10.2 Å². The van der Waals surface area contributed by atoms with Crippen LogP contribution < -0.4 is 5.32 Å². The van der Waals surface area contributed by atoms with Crippen LogP contribution >= 0.6 is 0 Å². The molecule has 1 atom stereocenters. The Bertz CT molecular complexity index is 400. The molecule has 1 aromatic rings. The molecule has 1 N–H and O–H groups in total. The lowest BCUT2D eigenvalue weighted by atomic mass is 9.98. The molecule has 0 spiro atoms. The second-order valence-corrected chi connectivity index (χ2v) is 4.97. The van der Waals surface area contributed by atoms with Crippen molar-refractivity contribution in [2.24, 2.45) is 5.92 Å². The zero-order chi connectivity index (χ0) is 12.6. The Morgan fingerprint density at radius 1 is 1.33 bits per heavy atom. The second kappa shape index (κ2) is 7.20. The highest BCUT2D eigenvalue weighted by atomic mass is 15.1. The number of nitrogens with zero attached hydrogens (tertiary/aromatic N) is 1. The van der Waals surface area contributed by atoms with E-state index < -0.39 is 0 Å². The van der Waals surface area contributed by atoms with Gasteiger partial charge in [-0.25, -0.2) is 0 Å². The molecule has 0 saturated carbocycles. The fourth-order valence-electron chi connectivity index (χ4n) is 2.53. The molecule has 1 heterocycles. The van der Waals surface area contributed by atoms with Crippen molar-refractivity contribution in [2.75, 3.05) is 33.2 Å². The van der Waals surface area contributed by atoms with E-state index in [4.69, 9.17) is 0 Å². The summed E-state index contributed by atoms with van der Waals surface area (Å²) in [6.45, 7) is 4.41. The molecular formula is C16H22N2. The van der Waals surface area contributed by atoms with Gasteiger partial charge in [0.05, 0.1) is 6.54 Å². The van der Waals surface area contributed by atoms with Crippen LogP contribution in [0.5, 0.6) is 0 Å². The predicted octanol–water partition coefficient (Wildman–Crippen LogP) is 1.97. The van der Waals surface area contributed by atoms with Gasteiger partial charge in [0.25, 0.3) is 0 Å². The first-order chi connectivity index (χ1) is 8.88. The topological polar surface area (TPSA) is 15.3 Å². The van der Waals surface area contributed by atoms with Gasteiger partial charge >= 0.3 is 0 Å². The predicted molar refractivity (Wildman–Crippen MR) is 76.4 cm³/mol. The van der Waals surface area contributed by atoms with Crippen LogP contribution in [0.25, 0.3) is 0 Å². The van der Waals surface area contributed by atoms with Crippen molar-refractivity contribution in [3.63, 3.8) is 0 Å². The molecule has 1 aliphatic rings. The van der Waals surface area contributed by atoms with Crippen molar-refractivity contribution in [3.05, 3.63) is 35.9 Å². The Balaban J connectivity index is 1.81. The molecular weight excluding hydrogens is 220 g/mol. The fourth-order valence-corrected chi connectivity index (χ4v) is 2.53. The van der Waals surface area contributed by atoms with Crippen molar-refractivity contribution in [2.45, 2.75) is 12.8 Å². The average Bonchev–Trinajstić information content (AvgIpc) is 2.41. The molecule has 1 aromatic carbocycles. The minimum Gasteiger partial charge on any atom is -0.319 e. The van der Waals surface area contributed by atoms with E-state index in [0.29, 0.717) is 0 Å². The highest BCUT2D eigenvalue weighted by Gasteiger charge is 2.17. The van der Waals surface area contributed by atoms with Crippen molar-refractivity contribution in [1.29, 1.82) is 0 Å². The summed E-state index contributed by atoms with van der Waals surface area (Å²) in [7, 11) is 2.04. The Hall–Kier alpha value is -1.30. The second-order valence-electron chi connectivity index (χ2n) is 4.97. The van der Waals surface area contributed by atoms with Crippen molar-refractivity contribution < 1.29 is 0 Å². The molecule has 0 aliphatic carbocycles. The summed E-state index contributed by atoms with van der Waals surface area (Å²) in [5.41, 5.74) is 1.11. The van der Waals surface area contributed by atoms with Gasteiger partial charge in [-0.2, -0.15) is 0 Å². The molecule has 0 bridgehead atoms. The first kappa shape index (κ1) is 13.1. The Morgan fingerprint density at radius 2 is 2.17 bits per heavy atom. The van der Waals surface area contributed by atoms with Gasteiger partial charge < -0.3 is 5.32 Å². The van der Waals surface area contributed by atoms with Crippen LogP contribution in [-0.4, -0.2) is 38.1 Å². The molecule has 18 heavy (non-hydrogen) atoms. The van der Waals surface area contributed by atoms with Gasteiger partial charge in [0.15, 0.2) is 0 Å². The summed E-state index contributed by atoms with van der Waals surface area (Å²) in [4.78, 5) is 2.47. The quantitative estimate of drug-likeness (QED) is 0.815. The normalized spacial score (nSPS) is 20.2. The van der Waals surface area contributed by atoms with Gasteiger partial charge in [0.1, 0.15) is 0 Å². The molecule has 2 nitrogen and oxygen atoms in total. The third-order valence-corrected chi connectivity index (χ3v) is 3.41. The number of hydrogen-bond acceptors (Lipinski definition) is 2. The Morgan fingerprint density at radius 3 is 2.94 bits per heavy atom. The molecule has 96 valence electrons. The molecule has 0 radical (unpaired) electrons. The summed E-state index contributed by atoms with van der Waals surface area (Å²) < 4.78 is 0. The van der Waals surface area contributed by atoms with E-state index in [2.05, 4.69) is 34.2 Å². The molecule has 1 fully saturated rings. The molecule has 1 unspecified atom stereocenters. The lowest BCUT2D eigenvalue weighted by Gasteiger charge is -2.31. The van der Waals surface area contributed by atoms with E-state index in [-0.39, 0.29) is 0 Å². The lowest BCUT2D eigenvalue weighted by molar-refractivity contribution is 0.192. The lowest BCUT2D eigenvalue weighted by Crippen LogP contribution is -2.39. The van der Waals surface area contributed by atoms with Gasteiger partial charge in [-0.1, -0.05) is 30.0 Å². The molecule has 1 saturated heterocycles. The van der Waals surface area contributed by atoms with E-state index in [1.807, 2.05) is 25.2 Å². The summed E-state index contributed by atoms with van der Waals surface area (Å²) in [5.74, 6) is 7.31. The average molecular weight is 242 g/mol. The molecule has 2 heteroatoms. The molecule has 0 amide bonds.